The van der Waals surface area contributed by atoms with E-state index >= 15 is 0 Å². The lowest BCUT2D eigenvalue weighted by Gasteiger charge is -2.26. The Balaban J connectivity index is 2.34. The van der Waals surface area contributed by atoms with E-state index in [2.05, 4.69) is 15.8 Å². The Morgan fingerprint density at radius 2 is 2.28 bits per heavy atom. The first-order valence-corrected chi connectivity index (χ1v) is 6.32. The number of nitrogens with one attached hydrogen (secondary N) is 2. The minimum atomic E-state index is -0.241. The van der Waals surface area contributed by atoms with Crippen molar-refractivity contribution in [2.45, 2.75) is 39.7 Å². The highest BCUT2D eigenvalue weighted by Crippen LogP contribution is 2.16. The van der Waals surface area contributed by atoms with Crippen LogP contribution in [0.4, 0.5) is 0 Å². The normalized spacial score (nSPS) is 21.7. The van der Waals surface area contributed by atoms with E-state index in [4.69, 9.17) is 10.5 Å². The molecule has 0 unspecified atom stereocenters. The molecule has 4 N–H and O–H groups in total. The maximum absolute atomic E-state index is 11.8. The SMILES string of the molecule is CC(N)=NCC(C)(C)COC(=O)[C@@H]1CCCNN1. The van der Waals surface area contributed by atoms with Crippen molar-refractivity contribution in [2.24, 2.45) is 16.1 Å². The predicted molar refractivity (Wildman–Crippen MR) is 71.1 cm³/mol. The van der Waals surface area contributed by atoms with E-state index in [0.29, 0.717) is 19.0 Å². The van der Waals surface area contributed by atoms with Crippen molar-refractivity contribution < 1.29 is 9.53 Å². The van der Waals surface area contributed by atoms with Gasteiger partial charge in [-0.05, 0) is 19.8 Å². The van der Waals surface area contributed by atoms with Gasteiger partial charge in [-0.25, -0.2) is 5.43 Å². The van der Waals surface area contributed by atoms with Gasteiger partial charge < -0.3 is 10.5 Å². The number of rotatable bonds is 5. The molecule has 104 valence electrons. The molecule has 6 nitrogen and oxygen atoms in total. The fourth-order valence-electron chi connectivity index (χ4n) is 1.59. The molecule has 0 aromatic carbocycles. The van der Waals surface area contributed by atoms with Gasteiger partial charge in [0, 0.05) is 18.5 Å². The molecule has 6 heteroatoms. The molecule has 0 amide bonds. The summed E-state index contributed by atoms with van der Waals surface area (Å²) in [5, 5.41) is 0. The quantitative estimate of drug-likeness (QED) is 0.371. The topological polar surface area (TPSA) is 88.7 Å². The summed E-state index contributed by atoms with van der Waals surface area (Å²) < 4.78 is 5.33. The molecule has 1 atom stereocenters. The minimum Gasteiger partial charge on any atom is -0.464 e. The molecule has 1 fully saturated rings. The Morgan fingerprint density at radius 1 is 1.56 bits per heavy atom. The van der Waals surface area contributed by atoms with Crippen LogP contribution in [0.15, 0.2) is 4.99 Å². The molecule has 1 aliphatic rings. The molecule has 0 aromatic rings. The number of carbonyl (C=O) groups excluding carboxylic acids is 1. The number of nitrogens with two attached hydrogens (primary N) is 1. The molecule has 0 radical (unpaired) electrons. The molecule has 18 heavy (non-hydrogen) atoms. The fourth-order valence-corrected chi connectivity index (χ4v) is 1.59. The highest BCUT2D eigenvalue weighted by Gasteiger charge is 2.25. The molecule has 0 bridgehead atoms. The number of amidine groups is 1. The summed E-state index contributed by atoms with van der Waals surface area (Å²) in [4.78, 5) is 16.0. The van der Waals surface area contributed by atoms with E-state index in [1.165, 1.54) is 0 Å². The molecule has 1 rings (SSSR count). The van der Waals surface area contributed by atoms with Crippen molar-refractivity contribution in [3.05, 3.63) is 0 Å². The van der Waals surface area contributed by atoms with Crippen LogP contribution in [0.3, 0.4) is 0 Å². The zero-order valence-electron chi connectivity index (χ0n) is 11.5. The highest BCUT2D eigenvalue weighted by molar-refractivity contribution is 5.77. The molecule has 1 aliphatic heterocycles. The van der Waals surface area contributed by atoms with Gasteiger partial charge in [0.1, 0.15) is 6.04 Å². The number of hydrazine groups is 1. The van der Waals surface area contributed by atoms with Gasteiger partial charge in [-0.3, -0.25) is 15.2 Å². The second-order valence-corrected chi connectivity index (χ2v) is 5.50. The molecular weight excluding hydrogens is 232 g/mol. The minimum absolute atomic E-state index is 0.196. The van der Waals surface area contributed by atoms with E-state index in [9.17, 15) is 4.79 Å². The van der Waals surface area contributed by atoms with Gasteiger partial charge in [0.25, 0.3) is 0 Å². The number of hydrogen-bond donors (Lipinski definition) is 3. The molecular formula is C12H24N4O2. The first-order valence-electron chi connectivity index (χ1n) is 6.32. The van der Waals surface area contributed by atoms with Gasteiger partial charge in [0.2, 0.25) is 0 Å². The molecule has 1 heterocycles. The number of esters is 1. The van der Waals surface area contributed by atoms with Gasteiger partial charge in [0.15, 0.2) is 0 Å². The van der Waals surface area contributed by atoms with Gasteiger partial charge in [-0.1, -0.05) is 13.8 Å². The third-order valence-corrected chi connectivity index (χ3v) is 2.72. The standard InChI is InChI=1S/C12H24N4O2/c1-9(13)14-7-12(2,3)8-18-11(17)10-5-4-6-15-16-10/h10,15-16H,4-8H2,1-3H3,(H2,13,14)/t10-/m0/s1. The fraction of sp³-hybridized carbons (Fsp3) is 0.833. The summed E-state index contributed by atoms with van der Waals surface area (Å²) in [6, 6.07) is -0.241. The van der Waals surface area contributed by atoms with Crippen LogP contribution in [0.1, 0.15) is 33.6 Å². The largest absolute Gasteiger partial charge is 0.464 e. The van der Waals surface area contributed by atoms with Gasteiger partial charge in [-0.2, -0.15) is 0 Å². The smallest absolute Gasteiger partial charge is 0.324 e. The maximum atomic E-state index is 11.8. The van der Waals surface area contributed by atoms with Crippen molar-refractivity contribution in [3.63, 3.8) is 0 Å². The molecule has 1 saturated heterocycles. The summed E-state index contributed by atoms with van der Waals surface area (Å²) in [6.07, 6.45) is 1.79. The van der Waals surface area contributed by atoms with Crippen molar-refractivity contribution >= 4 is 11.8 Å². The van der Waals surface area contributed by atoms with Gasteiger partial charge in [-0.15, -0.1) is 0 Å². The van der Waals surface area contributed by atoms with E-state index in [1.54, 1.807) is 6.92 Å². The van der Waals surface area contributed by atoms with Crippen LogP contribution in [-0.4, -0.2) is 37.5 Å². The second-order valence-electron chi connectivity index (χ2n) is 5.50. The Labute approximate surface area is 108 Å². The summed E-state index contributed by atoms with van der Waals surface area (Å²) in [7, 11) is 0. The monoisotopic (exact) mass is 256 g/mol. The lowest BCUT2D eigenvalue weighted by atomic mass is 9.95. The third-order valence-electron chi connectivity index (χ3n) is 2.72. The van der Waals surface area contributed by atoms with Crippen molar-refractivity contribution in [2.75, 3.05) is 19.7 Å². The van der Waals surface area contributed by atoms with Crippen molar-refractivity contribution in [3.8, 4) is 0 Å². The van der Waals surface area contributed by atoms with E-state index in [-0.39, 0.29) is 17.4 Å². The zero-order chi connectivity index (χ0) is 13.6. The third kappa shape index (κ3) is 5.46. The van der Waals surface area contributed by atoms with Crippen molar-refractivity contribution in [1.29, 1.82) is 0 Å². The summed E-state index contributed by atoms with van der Waals surface area (Å²) >= 11 is 0. The Morgan fingerprint density at radius 3 is 2.83 bits per heavy atom. The average molecular weight is 256 g/mol. The van der Waals surface area contributed by atoms with Gasteiger partial charge >= 0.3 is 5.97 Å². The van der Waals surface area contributed by atoms with Crippen LogP contribution >= 0.6 is 0 Å². The second kappa shape index (κ2) is 6.70. The lowest BCUT2D eigenvalue weighted by molar-refractivity contribution is -0.150. The number of nitrogens with zero attached hydrogens (tertiary/aromatic N) is 1. The Kier molecular flexibility index (Phi) is 5.55. The molecule has 0 aliphatic carbocycles. The summed E-state index contributed by atoms with van der Waals surface area (Å²) in [6.45, 7) is 7.54. The Hall–Kier alpha value is -1.14. The van der Waals surface area contributed by atoms with Crippen LogP contribution < -0.4 is 16.6 Å². The predicted octanol–water partition coefficient (Wildman–Crippen LogP) is 0.190. The van der Waals surface area contributed by atoms with Crippen LogP contribution in [0.2, 0.25) is 0 Å². The number of hydrogen-bond acceptors (Lipinski definition) is 5. The summed E-state index contributed by atoms with van der Waals surface area (Å²) in [5.74, 6) is 0.344. The van der Waals surface area contributed by atoms with Crippen LogP contribution in [0.5, 0.6) is 0 Å². The van der Waals surface area contributed by atoms with E-state index < -0.39 is 0 Å². The van der Waals surface area contributed by atoms with Crippen molar-refractivity contribution in [1.82, 2.24) is 10.9 Å². The number of ether oxygens (including phenoxy) is 1. The molecule has 0 aromatic heterocycles. The maximum Gasteiger partial charge on any atom is 0.324 e. The average Bonchev–Trinajstić information content (AvgIpc) is 2.35. The van der Waals surface area contributed by atoms with Crippen LogP contribution in [0.25, 0.3) is 0 Å². The van der Waals surface area contributed by atoms with E-state index in [1.807, 2.05) is 13.8 Å². The number of aliphatic imine (C=N–C) groups is 1. The van der Waals surface area contributed by atoms with Crippen LogP contribution in [0, 0.1) is 5.41 Å². The highest BCUT2D eigenvalue weighted by atomic mass is 16.5. The molecule has 0 spiro atoms. The first kappa shape index (κ1) is 14.9. The molecule has 0 saturated carbocycles. The lowest BCUT2D eigenvalue weighted by Crippen LogP contribution is -2.50. The zero-order valence-corrected chi connectivity index (χ0v) is 11.5. The number of carbonyl (C=O) groups is 1. The van der Waals surface area contributed by atoms with Gasteiger partial charge in [0.05, 0.1) is 12.4 Å². The Bertz CT molecular complexity index is 305. The summed E-state index contributed by atoms with van der Waals surface area (Å²) in [5.41, 5.74) is 11.2. The first-order chi connectivity index (χ1) is 8.41. The van der Waals surface area contributed by atoms with E-state index in [0.717, 1.165) is 19.4 Å². The van der Waals surface area contributed by atoms with Crippen LogP contribution in [-0.2, 0) is 9.53 Å².